The maximum absolute atomic E-state index is 13.2. The summed E-state index contributed by atoms with van der Waals surface area (Å²) in [6.45, 7) is 2.32. The van der Waals surface area contributed by atoms with Crippen molar-refractivity contribution in [3.8, 4) is 5.75 Å². The van der Waals surface area contributed by atoms with Gasteiger partial charge in [0.2, 0.25) is 15.9 Å². The molecule has 0 radical (unpaired) electrons. The lowest BCUT2D eigenvalue weighted by atomic mass is 10.1. The van der Waals surface area contributed by atoms with Crippen molar-refractivity contribution in [3.05, 3.63) is 54.1 Å². The number of hydrogen-bond donors (Lipinski definition) is 1. The van der Waals surface area contributed by atoms with Gasteiger partial charge in [0.15, 0.2) is 0 Å². The number of rotatable bonds is 3. The molecule has 0 spiro atoms. The summed E-state index contributed by atoms with van der Waals surface area (Å²) in [7, 11) is -3.75. The molecule has 1 fully saturated rings. The lowest BCUT2D eigenvalue weighted by Crippen LogP contribution is -2.45. The zero-order valence-electron chi connectivity index (χ0n) is 15.1. The van der Waals surface area contributed by atoms with Crippen molar-refractivity contribution in [3.63, 3.8) is 0 Å². The fourth-order valence-electron chi connectivity index (χ4n) is 3.56. The van der Waals surface area contributed by atoms with Gasteiger partial charge in [-0.05, 0) is 55.7 Å². The molecule has 1 aliphatic heterocycles. The van der Waals surface area contributed by atoms with E-state index in [1.54, 1.807) is 4.90 Å². The fraction of sp³-hybridized carbons (Fsp3) is 0.350. The number of phenolic OH excluding ortho intramolecular Hbond substituents is 1. The molecule has 6 nitrogen and oxygen atoms in total. The fourth-order valence-corrected chi connectivity index (χ4v) is 5.06. The topological polar surface area (TPSA) is 77.9 Å². The van der Waals surface area contributed by atoms with Crippen LogP contribution < -0.4 is 4.90 Å². The minimum atomic E-state index is -3.75. The van der Waals surface area contributed by atoms with Crippen molar-refractivity contribution in [2.24, 2.45) is 5.92 Å². The van der Waals surface area contributed by atoms with Crippen molar-refractivity contribution in [1.29, 1.82) is 0 Å². The number of anilines is 1. The summed E-state index contributed by atoms with van der Waals surface area (Å²) >= 11 is 0. The number of nitrogens with zero attached hydrogens (tertiary/aromatic N) is 2. The number of para-hydroxylation sites is 1. The Balaban J connectivity index is 1.73. The minimum Gasteiger partial charge on any atom is -0.508 e. The first kappa shape index (κ1) is 18.0. The molecule has 1 amide bonds. The number of carbonyl (C=O) groups excluding carboxylic acids is 1. The number of fused-ring (bicyclic) bond motifs is 1. The van der Waals surface area contributed by atoms with Crippen molar-refractivity contribution in [2.75, 3.05) is 11.4 Å². The lowest BCUT2D eigenvalue weighted by Gasteiger charge is -2.30. The molecule has 1 heterocycles. The van der Waals surface area contributed by atoms with E-state index in [4.69, 9.17) is 0 Å². The summed E-state index contributed by atoms with van der Waals surface area (Å²) in [6, 6.07) is 12.8. The molecule has 2 aliphatic rings. The van der Waals surface area contributed by atoms with Crippen LogP contribution in [-0.2, 0) is 21.4 Å². The molecule has 0 bridgehead atoms. The second-order valence-electron chi connectivity index (χ2n) is 7.25. The van der Waals surface area contributed by atoms with Crippen LogP contribution in [0.3, 0.4) is 0 Å². The first-order valence-corrected chi connectivity index (χ1v) is 10.5. The van der Waals surface area contributed by atoms with Crippen LogP contribution in [0.5, 0.6) is 5.75 Å². The van der Waals surface area contributed by atoms with Gasteiger partial charge >= 0.3 is 0 Å². The Morgan fingerprint density at radius 1 is 1.07 bits per heavy atom. The molecule has 2 aromatic carbocycles. The van der Waals surface area contributed by atoms with Crippen molar-refractivity contribution < 1.29 is 18.3 Å². The normalized spacial score (nSPS) is 20.8. The number of amides is 1. The zero-order valence-corrected chi connectivity index (χ0v) is 15.9. The molecule has 0 saturated heterocycles. The summed E-state index contributed by atoms with van der Waals surface area (Å²) < 4.78 is 27.8. The van der Waals surface area contributed by atoms with Gasteiger partial charge in [-0.25, -0.2) is 8.42 Å². The molecule has 1 saturated carbocycles. The molecule has 1 atom stereocenters. The third-order valence-electron chi connectivity index (χ3n) is 5.15. The number of hydrogen-bond acceptors (Lipinski definition) is 4. The van der Waals surface area contributed by atoms with Crippen LogP contribution in [-0.4, -0.2) is 36.3 Å². The highest BCUT2D eigenvalue weighted by Gasteiger charge is 2.40. The van der Waals surface area contributed by atoms with Crippen molar-refractivity contribution in [1.82, 2.24) is 4.31 Å². The number of aromatic hydroxyl groups is 1. The monoisotopic (exact) mass is 386 g/mol. The smallest absolute Gasteiger partial charge is 0.243 e. The summed E-state index contributed by atoms with van der Waals surface area (Å²) in [6.07, 6.45) is 1.81. The van der Waals surface area contributed by atoms with Gasteiger partial charge in [0.25, 0.3) is 0 Å². The molecular formula is C20H22N2O4S. The van der Waals surface area contributed by atoms with Crippen LogP contribution in [0.25, 0.3) is 0 Å². The first-order valence-electron chi connectivity index (χ1n) is 9.08. The van der Waals surface area contributed by atoms with Crippen LogP contribution in [0.15, 0.2) is 53.4 Å². The first-order chi connectivity index (χ1) is 12.9. The van der Waals surface area contributed by atoms with Crippen molar-refractivity contribution in [2.45, 2.75) is 37.2 Å². The van der Waals surface area contributed by atoms with Crippen LogP contribution in [0.2, 0.25) is 0 Å². The molecule has 142 valence electrons. The number of phenols is 1. The van der Waals surface area contributed by atoms with E-state index in [9.17, 15) is 18.3 Å². The lowest BCUT2D eigenvalue weighted by molar-refractivity contribution is -0.120. The van der Waals surface area contributed by atoms with E-state index in [1.807, 2.05) is 31.2 Å². The molecule has 27 heavy (non-hydrogen) atoms. The Morgan fingerprint density at radius 3 is 2.41 bits per heavy atom. The van der Waals surface area contributed by atoms with Gasteiger partial charge in [-0.1, -0.05) is 18.2 Å². The predicted octanol–water partition coefficient (Wildman–Crippen LogP) is 2.73. The van der Waals surface area contributed by atoms with Crippen LogP contribution >= 0.6 is 0 Å². The van der Waals surface area contributed by atoms with Gasteiger partial charge < -0.3 is 10.0 Å². The van der Waals surface area contributed by atoms with Gasteiger partial charge in [0.05, 0.1) is 4.90 Å². The Kier molecular flexibility index (Phi) is 4.44. The van der Waals surface area contributed by atoms with Crippen LogP contribution in [0.1, 0.15) is 25.3 Å². The van der Waals surface area contributed by atoms with E-state index in [0.29, 0.717) is 0 Å². The average molecular weight is 386 g/mol. The second-order valence-corrected chi connectivity index (χ2v) is 9.19. The molecular weight excluding hydrogens is 364 g/mol. The van der Waals surface area contributed by atoms with Crippen molar-refractivity contribution >= 4 is 21.6 Å². The highest BCUT2D eigenvalue weighted by Crippen LogP contribution is 2.37. The highest BCUT2D eigenvalue weighted by atomic mass is 32.2. The van der Waals surface area contributed by atoms with Gasteiger partial charge in [-0.15, -0.1) is 0 Å². The zero-order chi connectivity index (χ0) is 19.2. The molecule has 1 N–H and O–H groups in total. The molecule has 2 aromatic rings. The van der Waals surface area contributed by atoms with E-state index in [-0.39, 0.29) is 41.6 Å². The summed E-state index contributed by atoms with van der Waals surface area (Å²) in [5, 5.41) is 9.45. The van der Waals surface area contributed by atoms with E-state index in [2.05, 4.69) is 0 Å². The molecule has 4 rings (SSSR count). The van der Waals surface area contributed by atoms with Crippen LogP contribution in [0.4, 0.5) is 5.69 Å². The maximum atomic E-state index is 13.2. The quantitative estimate of drug-likeness (QED) is 0.880. The third kappa shape index (κ3) is 3.33. The number of sulfonamides is 1. The predicted molar refractivity (Wildman–Crippen MR) is 102 cm³/mol. The van der Waals surface area contributed by atoms with E-state index in [0.717, 1.165) is 24.1 Å². The minimum absolute atomic E-state index is 0.0183. The standard InChI is InChI=1S/C20H22N2O4S/c1-14-12-21(27(25,26)18-10-8-17(23)9-11-18)13-16-4-2-3-5-19(16)22(14)20(24)15-6-7-15/h2-5,8-11,14-15,23H,6-7,12-13H2,1H3. The number of benzene rings is 2. The van der Waals surface area contributed by atoms with Gasteiger partial charge in [-0.2, -0.15) is 4.31 Å². The Labute approximate surface area is 159 Å². The summed E-state index contributed by atoms with van der Waals surface area (Å²) in [5.74, 6) is 0.157. The Morgan fingerprint density at radius 2 is 1.74 bits per heavy atom. The van der Waals surface area contributed by atoms with Gasteiger partial charge in [0.1, 0.15) is 5.75 Å². The second kappa shape index (κ2) is 6.65. The Bertz CT molecular complexity index is 968. The molecule has 7 heteroatoms. The largest absolute Gasteiger partial charge is 0.508 e. The SMILES string of the molecule is CC1CN(S(=O)(=O)c2ccc(O)cc2)Cc2ccccc2N1C(=O)C1CC1. The maximum Gasteiger partial charge on any atom is 0.243 e. The average Bonchev–Trinajstić information content (AvgIpc) is 3.48. The van der Waals surface area contributed by atoms with E-state index < -0.39 is 10.0 Å². The molecule has 1 aliphatic carbocycles. The molecule has 1 unspecified atom stereocenters. The highest BCUT2D eigenvalue weighted by molar-refractivity contribution is 7.89. The number of carbonyl (C=O) groups is 1. The third-order valence-corrected chi connectivity index (χ3v) is 6.97. The van der Waals surface area contributed by atoms with Gasteiger partial charge in [-0.3, -0.25) is 4.79 Å². The van der Waals surface area contributed by atoms with Gasteiger partial charge in [0, 0.05) is 30.7 Å². The Hall–Kier alpha value is -2.38. The summed E-state index contributed by atoms with van der Waals surface area (Å²) in [5.41, 5.74) is 1.61. The van der Waals surface area contributed by atoms with E-state index >= 15 is 0 Å². The van der Waals surface area contributed by atoms with E-state index in [1.165, 1.54) is 28.6 Å². The van der Waals surface area contributed by atoms with Crippen LogP contribution in [0, 0.1) is 5.92 Å². The molecule has 0 aromatic heterocycles. The summed E-state index contributed by atoms with van der Waals surface area (Å²) in [4.78, 5) is 14.8.